The van der Waals surface area contributed by atoms with Gasteiger partial charge in [-0.1, -0.05) is 0 Å². The van der Waals surface area contributed by atoms with Crippen LogP contribution in [0.3, 0.4) is 0 Å². The first-order valence-electron chi connectivity index (χ1n) is 2.66. The number of esters is 1. The van der Waals surface area contributed by atoms with Crippen molar-refractivity contribution in [3.63, 3.8) is 0 Å². The van der Waals surface area contributed by atoms with Gasteiger partial charge in [-0.3, -0.25) is 4.79 Å². The number of aliphatic hydroxyl groups excluding tert-OH is 1. The molecule has 0 spiro atoms. The molecule has 3 nitrogen and oxygen atoms in total. The predicted octanol–water partition coefficient (Wildman–Crippen LogP) is 0.0319. The molecule has 1 rings (SSSR count). The largest absolute Gasteiger partial charge is 0.436 e. The fourth-order valence-electron chi connectivity index (χ4n) is 0.691. The van der Waals surface area contributed by atoms with Crippen LogP contribution >= 0.6 is 0 Å². The highest BCUT2D eigenvalue weighted by atomic mass is 16.6. The van der Waals surface area contributed by atoms with Gasteiger partial charge < -0.3 is 9.84 Å². The molecule has 1 fully saturated rings. The van der Waals surface area contributed by atoms with Gasteiger partial charge in [0.2, 0.25) is 6.29 Å². The standard InChI is InChI=1S/C5H8O3/c6-4-2-1-3-5(7)8-4/h4,6H,1-3H2/t4-/m0/s1. The zero-order valence-corrected chi connectivity index (χ0v) is 4.46. The smallest absolute Gasteiger partial charge is 0.308 e. The molecule has 1 aliphatic heterocycles. The van der Waals surface area contributed by atoms with Crippen LogP contribution in [0, 0.1) is 0 Å². The SMILES string of the molecule is O=C1CCC[C@@H](O)O1. The second-order valence-electron chi connectivity index (χ2n) is 1.84. The first-order chi connectivity index (χ1) is 3.79. The molecule has 46 valence electrons. The lowest BCUT2D eigenvalue weighted by molar-refractivity contribution is -0.175. The van der Waals surface area contributed by atoms with E-state index in [1.54, 1.807) is 0 Å². The van der Waals surface area contributed by atoms with E-state index in [1.165, 1.54) is 0 Å². The predicted molar refractivity (Wildman–Crippen MR) is 25.9 cm³/mol. The van der Waals surface area contributed by atoms with E-state index in [1.807, 2.05) is 0 Å². The summed E-state index contributed by atoms with van der Waals surface area (Å²) < 4.78 is 4.40. The maximum atomic E-state index is 10.3. The Bertz CT molecular complexity index is 99.8. The van der Waals surface area contributed by atoms with Gasteiger partial charge in [0.1, 0.15) is 0 Å². The zero-order chi connectivity index (χ0) is 5.98. The van der Waals surface area contributed by atoms with Crippen LogP contribution in [-0.4, -0.2) is 17.4 Å². The van der Waals surface area contributed by atoms with Crippen molar-refractivity contribution in [3.05, 3.63) is 0 Å². The Hall–Kier alpha value is -0.570. The van der Waals surface area contributed by atoms with Crippen LogP contribution in [0.1, 0.15) is 19.3 Å². The van der Waals surface area contributed by atoms with Crippen LogP contribution in [0.2, 0.25) is 0 Å². The van der Waals surface area contributed by atoms with E-state index < -0.39 is 6.29 Å². The second-order valence-corrected chi connectivity index (χ2v) is 1.84. The van der Waals surface area contributed by atoms with E-state index in [0.29, 0.717) is 12.8 Å². The van der Waals surface area contributed by atoms with Crippen LogP contribution in [0.25, 0.3) is 0 Å². The van der Waals surface area contributed by atoms with Gasteiger partial charge in [-0.25, -0.2) is 0 Å². The van der Waals surface area contributed by atoms with Crippen molar-refractivity contribution in [3.8, 4) is 0 Å². The van der Waals surface area contributed by atoms with Crippen LogP contribution in [0.4, 0.5) is 0 Å². The molecule has 0 unspecified atom stereocenters. The average Bonchev–Trinajstić information content (AvgIpc) is 1.64. The molecule has 0 saturated carbocycles. The fraction of sp³-hybridized carbons (Fsp3) is 0.800. The Balaban J connectivity index is 2.34. The van der Waals surface area contributed by atoms with E-state index >= 15 is 0 Å². The van der Waals surface area contributed by atoms with Gasteiger partial charge in [0, 0.05) is 12.8 Å². The quantitative estimate of drug-likeness (QED) is 0.454. The molecule has 0 bridgehead atoms. The monoisotopic (exact) mass is 116 g/mol. The summed E-state index contributed by atoms with van der Waals surface area (Å²) in [6.45, 7) is 0. The van der Waals surface area contributed by atoms with Gasteiger partial charge in [-0.05, 0) is 6.42 Å². The van der Waals surface area contributed by atoms with Crippen LogP contribution in [0.5, 0.6) is 0 Å². The Morgan fingerprint density at radius 2 is 2.50 bits per heavy atom. The molecule has 1 heterocycles. The average molecular weight is 116 g/mol. The first kappa shape index (κ1) is 5.56. The third-order valence-electron chi connectivity index (χ3n) is 1.10. The molecule has 1 aliphatic rings. The molecule has 0 amide bonds. The summed E-state index contributed by atoms with van der Waals surface area (Å²) in [6, 6.07) is 0. The summed E-state index contributed by atoms with van der Waals surface area (Å²) in [5.41, 5.74) is 0. The molecule has 1 atom stereocenters. The van der Waals surface area contributed by atoms with Gasteiger partial charge in [-0.15, -0.1) is 0 Å². The molecule has 0 radical (unpaired) electrons. The van der Waals surface area contributed by atoms with Gasteiger partial charge in [0.05, 0.1) is 0 Å². The highest BCUT2D eigenvalue weighted by Crippen LogP contribution is 2.10. The summed E-state index contributed by atoms with van der Waals surface area (Å²) in [5.74, 6) is -0.288. The number of cyclic esters (lactones) is 1. The van der Waals surface area contributed by atoms with Crippen molar-refractivity contribution in [2.75, 3.05) is 0 Å². The number of hydrogen-bond donors (Lipinski definition) is 1. The molecular formula is C5H8O3. The van der Waals surface area contributed by atoms with Crippen molar-refractivity contribution in [1.82, 2.24) is 0 Å². The minimum Gasteiger partial charge on any atom is -0.436 e. The summed E-state index contributed by atoms with van der Waals surface area (Å²) in [5, 5.41) is 8.64. The van der Waals surface area contributed by atoms with E-state index in [2.05, 4.69) is 4.74 Å². The molecule has 3 heteroatoms. The number of carbonyl (C=O) groups is 1. The third-order valence-corrected chi connectivity index (χ3v) is 1.10. The van der Waals surface area contributed by atoms with E-state index in [9.17, 15) is 4.79 Å². The lowest BCUT2D eigenvalue weighted by atomic mass is 10.2. The number of rotatable bonds is 0. The van der Waals surface area contributed by atoms with Gasteiger partial charge in [0.25, 0.3) is 0 Å². The molecule has 0 aromatic heterocycles. The number of hydrogen-bond acceptors (Lipinski definition) is 3. The van der Waals surface area contributed by atoms with E-state index in [0.717, 1.165) is 6.42 Å². The minimum absolute atomic E-state index is 0.288. The van der Waals surface area contributed by atoms with Crippen molar-refractivity contribution in [2.24, 2.45) is 0 Å². The van der Waals surface area contributed by atoms with Crippen LogP contribution in [-0.2, 0) is 9.53 Å². The maximum absolute atomic E-state index is 10.3. The maximum Gasteiger partial charge on any atom is 0.308 e. The van der Waals surface area contributed by atoms with Crippen molar-refractivity contribution < 1.29 is 14.6 Å². The highest BCUT2D eigenvalue weighted by molar-refractivity contribution is 5.69. The van der Waals surface area contributed by atoms with Crippen molar-refractivity contribution in [2.45, 2.75) is 25.6 Å². The van der Waals surface area contributed by atoms with Gasteiger partial charge in [-0.2, -0.15) is 0 Å². The zero-order valence-electron chi connectivity index (χ0n) is 4.46. The molecule has 1 saturated heterocycles. The molecule has 0 aromatic carbocycles. The number of carbonyl (C=O) groups excluding carboxylic acids is 1. The fourth-order valence-corrected chi connectivity index (χ4v) is 0.691. The first-order valence-corrected chi connectivity index (χ1v) is 2.66. The van der Waals surface area contributed by atoms with E-state index in [4.69, 9.17) is 5.11 Å². The molecule has 8 heavy (non-hydrogen) atoms. The Kier molecular flexibility index (Phi) is 1.48. The summed E-state index contributed by atoms with van der Waals surface area (Å²) >= 11 is 0. The Morgan fingerprint density at radius 3 is 2.88 bits per heavy atom. The van der Waals surface area contributed by atoms with Crippen LogP contribution in [0.15, 0.2) is 0 Å². The van der Waals surface area contributed by atoms with Gasteiger partial charge >= 0.3 is 5.97 Å². The summed E-state index contributed by atoms with van der Waals surface area (Å²) in [6.07, 6.45) is 0.958. The summed E-state index contributed by atoms with van der Waals surface area (Å²) in [4.78, 5) is 10.3. The van der Waals surface area contributed by atoms with Crippen LogP contribution < -0.4 is 0 Å². The van der Waals surface area contributed by atoms with Crippen molar-refractivity contribution >= 4 is 5.97 Å². The Labute approximate surface area is 47.3 Å². The molecule has 0 aliphatic carbocycles. The molecular weight excluding hydrogens is 108 g/mol. The lowest BCUT2D eigenvalue weighted by Gasteiger charge is -2.15. The normalized spacial score (nSPS) is 29.6. The lowest BCUT2D eigenvalue weighted by Crippen LogP contribution is -2.22. The van der Waals surface area contributed by atoms with E-state index in [-0.39, 0.29) is 5.97 Å². The second kappa shape index (κ2) is 2.13. The summed E-state index contributed by atoms with van der Waals surface area (Å²) in [7, 11) is 0. The Morgan fingerprint density at radius 1 is 1.75 bits per heavy atom. The minimum atomic E-state index is -0.837. The van der Waals surface area contributed by atoms with Crippen molar-refractivity contribution in [1.29, 1.82) is 0 Å². The number of aliphatic hydroxyl groups is 1. The third kappa shape index (κ3) is 1.20. The highest BCUT2D eigenvalue weighted by Gasteiger charge is 2.16. The topological polar surface area (TPSA) is 46.5 Å². The molecule has 0 aromatic rings. The molecule has 1 N–H and O–H groups in total. The van der Waals surface area contributed by atoms with Gasteiger partial charge in [0.15, 0.2) is 0 Å². The number of ether oxygens (including phenoxy) is 1.